The summed E-state index contributed by atoms with van der Waals surface area (Å²) in [4.78, 5) is 21.8. The lowest BCUT2D eigenvalue weighted by Crippen LogP contribution is -2.47. The van der Waals surface area contributed by atoms with Gasteiger partial charge >= 0.3 is 0 Å². The number of sulfonamides is 1. The lowest BCUT2D eigenvalue weighted by molar-refractivity contribution is 0.0785. The van der Waals surface area contributed by atoms with Gasteiger partial charge in [0, 0.05) is 17.2 Å². The lowest BCUT2D eigenvalue weighted by atomic mass is 9.92. The zero-order valence-electron chi connectivity index (χ0n) is 19.0. The van der Waals surface area contributed by atoms with Crippen LogP contribution in [0.3, 0.4) is 0 Å². The third-order valence-corrected chi connectivity index (χ3v) is 7.69. The van der Waals surface area contributed by atoms with Crippen LogP contribution in [0, 0.1) is 13.8 Å². The Labute approximate surface area is 198 Å². The van der Waals surface area contributed by atoms with Crippen molar-refractivity contribution in [1.29, 1.82) is 0 Å². The van der Waals surface area contributed by atoms with E-state index in [0.29, 0.717) is 5.69 Å². The average molecular weight is 479 g/mol. The molecule has 1 aliphatic heterocycles. The number of hydrogen-bond donors (Lipinski definition) is 2. The first-order valence-corrected chi connectivity index (χ1v) is 12.8. The molecular weight excluding hydrogens is 452 g/mol. The summed E-state index contributed by atoms with van der Waals surface area (Å²) in [6.45, 7) is 3.96. The molecule has 0 spiro atoms. The van der Waals surface area contributed by atoms with Crippen LogP contribution >= 0.6 is 0 Å². The normalized spacial score (nSPS) is 21.4. The first kappa shape index (κ1) is 22.3. The highest BCUT2D eigenvalue weighted by atomic mass is 32.2. The van der Waals surface area contributed by atoms with Gasteiger partial charge < -0.3 is 10.1 Å². The second-order valence-electron chi connectivity index (χ2n) is 8.84. The molecule has 4 bridgehead atoms. The van der Waals surface area contributed by atoms with Gasteiger partial charge in [0.15, 0.2) is 0 Å². The van der Waals surface area contributed by atoms with Crippen LogP contribution in [0.5, 0.6) is 5.88 Å². The first-order valence-electron chi connectivity index (χ1n) is 11.4. The zero-order chi connectivity index (χ0) is 23.9. The summed E-state index contributed by atoms with van der Waals surface area (Å²) in [5, 5.41) is 3.04. The second-order valence-corrected chi connectivity index (χ2v) is 10.5. The van der Waals surface area contributed by atoms with E-state index in [1.807, 2.05) is 32.0 Å². The van der Waals surface area contributed by atoms with Crippen LogP contribution in [0.25, 0.3) is 11.3 Å². The molecule has 3 aromatic rings. The molecule has 1 amide bonds. The van der Waals surface area contributed by atoms with Gasteiger partial charge in [0.25, 0.3) is 15.9 Å². The summed E-state index contributed by atoms with van der Waals surface area (Å²) in [6, 6.07) is 13.4. The highest BCUT2D eigenvalue weighted by Crippen LogP contribution is 2.31. The fraction of sp³-hybridized carbons (Fsp3) is 0.320. The number of rotatable bonds is 1. The number of nitrogens with one attached hydrogen (secondary N) is 2. The van der Waals surface area contributed by atoms with Crippen molar-refractivity contribution in [2.24, 2.45) is 0 Å². The molecule has 34 heavy (non-hydrogen) atoms. The molecule has 1 fully saturated rings. The summed E-state index contributed by atoms with van der Waals surface area (Å²) in [6.07, 6.45) is 3.19. The van der Waals surface area contributed by atoms with Crippen molar-refractivity contribution in [2.45, 2.75) is 56.6 Å². The molecule has 8 nitrogen and oxygen atoms in total. The fourth-order valence-electron chi connectivity index (χ4n) is 4.67. The predicted molar refractivity (Wildman–Crippen MR) is 128 cm³/mol. The topological polar surface area (TPSA) is 110 Å². The number of aryl methyl sites for hydroxylation is 2. The third-order valence-electron chi connectivity index (χ3n) is 6.36. The van der Waals surface area contributed by atoms with Crippen LogP contribution < -0.4 is 14.8 Å². The molecule has 1 aromatic heterocycles. The quantitative estimate of drug-likeness (QED) is 0.547. The van der Waals surface area contributed by atoms with E-state index in [0.717, 1.165) is 42.4 Å². The standard InChI is InChI=1S/C25H26N4O4S/c1-15-7-5-8-16(2)23(15)20-14-22-28-25(27-20)29-34(31,32)18-10-6-9-17(13-18)24(30)26-19-11-3-4-12-21(19)33-22/h5-10,13-14,19,21H,3-4,11-12H2,1-2H3,(H,26,30)(H,27,28,29)/t19-,21-/m1/s1. The van der Waals surface area contributed by atoms with E-state index in [1.165, 1.54) is 12.1 Å². The average Bonchev–Trinajstić information content (AvgIpc) is 2.79. The molecule has 2 aromatic carbocycles. The minimum absolute atomic E-state index is 0.0388. The number of hydrogen-bond acceptors (Lipinski definition) is 6. The van der Waals surface area contributed by atoms with Gasteiger partial charge in [-0.1, -0.05) is 30.7 Å². The van der Waals surface area contributed by atoms with Crippen LogP contribution in [0.1, 0.15) is 47.2 Å². The number of ether oxygens (including phenoxy) is 1. The molecule has 176 valence electrons. The monoisotopic (exact) mass is 478 g/mol. The van der Waals surface area contributed by atoms with Gasteiger partial charge in [-0.05, 0) is 62.4 Å². The van der Waals surface area contributed by atoms with E-state index >= 15 is 0 Å². The van der Waals surface area contributed by atoms with E-state index in [2.05, 4.69) is 20.0 Å². The summed E-state index contributed by atoms with van der Waals surface area (Å²) < 4.78 is 35.1. The Morgan fingerprint density at radius 1 is 0.971 bits per heavy atom. The van der Waals surface area contributed by atoms with Crippen LogP contribution in [0.4, 0.5) is 5.95 Å². The number of carbonyl (C=O) groups excluding carboxylic acids is 1. The molecule has 2 N–H and O–H groups in total. The van der Waals surface area contributed by atoms with Crippen molar-refractivity contribution in [3.8, 4) is 17.1 Å². The van der Waals surface area contributed by atoms with E-state index in [4.69, 9.17) is 4.74 Å². The number of aromatic nitrogens is 2. The van der Waals surface area contributed by atoms with Crippen LogP contribution in [-0.2, 0) is 10.0 Å². The highest BCUT2D eigenvalue weighted by molar-refractivity contribution is 7.92. The first-order chi connectivity index (χ1) is 16.3. The van der Waals surface area contributed by atoms with Gasteiger partial charge in [-0.3, -0.25) is 4.79 Å². The summed E-state index contributed by atoms with van der Waals surface area (Å²) in [5.41, 5.74) is 3.75. The maximum Gasteiger partial charge on any atom is 0.264 e. The molecule has 0 radical (unpaired) electrons. The summed E-state index contributed by atoms with van der Waals surface area (Å²) in [5.74, 6) is -0.139. The van der Waals surface area contributed by atoms with Crippen LogP contribution in [-0.4, -0.2) is 36.4 Å². The summed E-state index contributed by atoms with van der Waals surface area (Å²) >= 11 is 0. The molecule has 9 heteroatoms. The maximum absolute atomic E-state index is 13.1. The van der Waals surface area contributed by atoms with E-state index < -0.39 is 10.0 Å². The number of anilines is 1. The Bertz CT molecular complexity index is 1350. The summed E-state index contributed by atoms with van der Waals surface area (Å²) in [7, 11) is -4.04. The van der Waals surface area contributed by atoms with E-state index in [-0.39, 0.29) is 40.3 Å². The minimum Gasteiger partial charge on any atom is -0.472 e. The molecule has 1 aliphatic carbocycles. The number of carbonyl (C=O) groups is 1. The van der Waals surface area contributed by atoms with Crippen molar-refractivity contribution in [2.75, 3.05) is 4.72 Å². The van der Waals surface area contributed by atoms with Crippen molar-refractivity contribution < 1.29 is 17.9 Å². The van der Waals surface area contributed by atoms with Gasteiger partial charge in [0.1, 0.15) is 6.10 Å². The SMILES string of the molecule is Cc1cccc(C)c1-c1cc2nc(n1)NS(=O)(=O)c1cccc(c1)C(=O)N[C@@H]1CCCC[C@H]1O2. The molecule has 2 atom stereocenters. The van der Waals surface area contributed by atoms with Gasteiger partial charge in [-0.15, -0.1) is 0 Å². The maximum atomic E-state index is 13.1. The molecule has 2 heterocycles. The van der Waals surface area contributed by atoms with E-state index in [9.17, 15) is 13.2 Å². The molecule has 2 aliphatic rings. The Morgan fingerprint density at radius 2 is 1.71 bits per heavy atom. The smallest absolute Gasteiger partial charge is 0.264 e. The number of amides is 1. The minimum atomic E-state index is -4.04. The van der Waals surface area contributed by atoms with Crippen molar-refractivity contribution in [3.63, 3.8) is 0 Å². The molecule has 1 saturated carbocycles. The number of fused-ring (bicyclic) bond motifs is 5. The Morgan fingerprint density at radius 3 is 2.50 bits per heavy atom. The molecule has 0 saturated heterocycles. The Kier molecular flexibility index (Phi) is 5.73. The lowest BCUT2D eigenvalue weighted by Gasteiger charge is -2.32. The number of benzene rings is 2. The highest BCUT2D eigenvalue weighted by Gasteiger charge is 2.30. The van der Waals surface area contributed by atoms with Crippen LogP contribution in [0.2, 0.25) is 0 Å². The molecule has 5 rings (SSSR count). The largest absolute Gasteiger partial charge is 0.472 e. The molecular formula is C25H26N4O4S. The van der Waals surface area contributed by atoms with Gasteiger partial charge in [-0.25, -0.2) is 18.1 Å². The Hall–Kier alpha value is -3.46. The predicted octanol–water partition coefficient (Wildman–Crippen LogP) is 3.99. The van der Waals surface area contributed by atoms with E-state index in [1.54, 1.807) is 18.2 Å². The fourth-order valence-corrected chi connectivity index (χ4v) is 5.66. The van der Waals surface area contributed by atoms with Crippen molar-refractivity contribution >= 4 is 21.9 Å². The van der Waals surface area contributed by atoms with Gasteiger partial charge in [-0.2, -0.15) is 4.98 Å². The van der Waals surface area contributed by atoms with Crippen molar-refractivity contribution in [1.82, 2.24) is 15.3 Å². The number of nitrogens with zero attached hydrogens (tertiary/aromatic N) is 2. The van der Waals surface area contributed by atoms with Gasteiger partial charge in [0.05, 0.1) is 16.6 Å². The third kappa shape index (κ3) is 4.35. The molecule has 0 unspecified atom stereocenters. The van der Waals surface area contributed by atoms with Gasteiger partial charge in [0.2, 0.25) is 11.8 Å². The Balaban J connectivity index is 1.68. The van der Waals surface area contributed by atoms with Crippen LogP contribution in [0.15, 0.2) is 53.4 Å². The zero-order valence-corrected chi connectivity index (χ0v) is 19.9. The van der Waals surface area contributed by atoms with Crippen molar-refractivity contribution in [3.05, 3.63) is 65.2 Å². The second kappa shape index (κ2) is 8.72.